The van der Waals surface area contributed by atoms with E-state index in [9.17, 15) is 0 Å². The van der Waals surface area contributed by atoms with Crippen LogP contribution >= 0.6 is 0 Å². The lowest BCUT2D eigenvalue weighted by atomic mass is 9.76. The predicted octanol–water partition coefficient (Wildman–Crippen LogP) is 5.85. The third kappa shape index (κ3) is 4.01. The maximum Gasteiger partial charge on any atom is 0.495 e. The average molecular weight is 390 g/mol. The Bertz CT molecular complexity index is 630. The number of benzene rings is 1. The Morgan fingerprint density at radius 2 is 1.30 bits per heavy atom. The Balaban J connectivity index is 2.32. The highest BCUT2D eigenvalue weighted by molar-refractivity contribution is 6.78. The molecule has 0 atom stereocenters. The van der Waals surface area contributed by atoms with Gasteiger partial charge in [-0.05, 0) is 74.4 Å². The first-order valence-electron chi connectivity index (χ1n) is 10.4. The lowest BCUT2D eigenvalue weighted by Crippen LogP contribution is -2.50. The van der Waals surface area contributed by atoms with Crippen LogP contribution in [0.3, 0.4) is 0 Å². The highest BCUT2D eigenvalue weighted by atomic mass is 28.4. The minimum absolute atomic E-state index is 0.325. The minimum atomic E-state index is -1.95. The molecule has 2 rings (SSSR count). The van der Waals surface area contributed by atoms with Crippen molar-refractivity contribution in [1.82, 2.24) is 0 Å². The number of hydrogen-bond acceptors (Lipinski definition) is 3. The van der Waals surface area contributed by atoms with Crippen LogP contribution in [0.15, 0.2) is 18.2 Å². The first kappa shape index (κ1) is 22.5. The highest BCUT2D eigenvalue weighted by Gasteiger charge is 2.52. The van der Waals surface area contributed by atoms with Crippen molar-refractivity contribution in [2.75, 3.05) is 0 Å². The molecule has 1 saturated heterocycles. The standard InChI is InChI=1S/C22H39BO3Si/c1-15(2)27(16(3)4,17(5)6)24-19-12-13-20(18(7)14-19)23-25-21(8,9)22(10,11)26-23/h12-17H,1-11H3. The first-order valence-corrected chi connectivity index (χ1v) is 12.5. The molecule has 1 aliphatic rings. The summed E-state index contributed by atoms with van der Waals surface area (Å²) in [6.45, 7) is 24.4. The van der Waals surface area contributed by atoms with Gasteiger partial charge in [0.25, 0.3) is 8.32 Å². The summed E-state index contributed by atoms with van der Waals surface area (Å²) in [4.78, 5) is 0. The van der Waals surface area contributed by atoms with Gasteiger partial charge in [0.1, 0.15) is 5.75 Å². The molecule has 1 fully saturated rings. The van der Waals surface area contributed by atoms with Gasteiger partial charge in [-0.3, -0.25) is 0 Å². The van der Waals surface area contributed by atoms with Gasteiger partial charge in [-0.1, -0.05) is 47.6 Å². The zero-order valence-corrected chi connectivity index (χ0v) is 20.3. The average Bonchev–Trinajstić information content (AvgIpc) is 2.71. The second kappa shape index (κ2) is 7.57. The van der Waals surface area contributed by atoms with E-state index in [-0.39, 0.29) is 18.3 Å². The molecule has 3 nitrogen and oxygen atoms in total. The van der Waals surface area contributed by atoms with Gasteiger partial charge < -0.3 is 13.7 Å². The quantitative estimate of drug-likeness (QED) is 0.571. The van der Waals surface area contributed by atoms with Crippen molar-refractivity contribution in [3.8, 4) is 5.75 Å². The van der Waals surface area contributed by atoms with Crippen LogP contribution in [0.4, 0.5) is 0 Å². The van der Waals surface area contributed by atoms with Gasteiger partial charge in [0, 0.05) is 0 Å². The molecule has 0 unspecified atom stereocenters. The molecule has 1 heterocycles. The lowest BCUT2D eigenvalue weighted by molar-refractivity contribution is 0.00578. The van der Waals surface area contributed by atoms with Gasteiger partial charge in [-0.15, -0.1) is 0 Å². The summed E-state index contributed by atoms with van der Waals surface area (Å²) in [7, 11) is -2.28. The minimum Gasteiger partial charge on any atom is -0.543 e. The number of aryl methyl sites for hydroxylation is 1. The molecule has 0 aliphatic carbocycles. The molecule has 152 valence electrons. The highest BCUT2D eigenvalue weighted by Crippen LogP contribution is 2.43. The summed E-state index contributed by atoms with van der Waals surface area (Å²) in [6.07, 6.45) is 0. The van der Waals surface area contributed by atoms with E-state index in [1.54, 1.807) is 0 Å². The van der Waals surface area contributed by atoms with Gasteiger partial charge in [0.05, 0.1) is 11.2 Å². The van der Waals surface area contributed by atoms with E-state index in [4.69, 9.17) is 13.7 Å². The van der Waals surface area contributed by atoms with E-state index in [0.717, 1.165) is 16.8 Å². The maximum atomic E-state index is 6.82. The fourth-order valence-electron chi connectivity index (χ4n) is 4.50. The Labute approximate surface area is 168 Å². The van der Waals surface area contributed by atoms with Crippen LogP contribution in [-0.2, 0) is 9.31 Å². The zero-order chi connectivity index (χ0) is 20.8. The van der Waals surface area contributed by atoms with Gasteiger partial charge in [-0.2, -0.15) is 0 Å². The number of rotatable bonds is 6. The summed E-state index contributed by atoms with van der Waals surface area (Å²) < 4.78 is 19.3. The lowest BCUT2D eigenvalue weighted by Gasteiger charge is -2.42. The van der Waals surface area contributed by atoms with E-state index in [1.165, 1.54) is 0 Å². The van der Waals surface area contributed by atoms with Crippen molar-refractivity contribution in [2.45, 2.75) is 104 Å². The molecule has 0 amide bonds. The molecule has 1 aromatic rings. The second-order valence-corrected chi connectivity index (χ2v) is 15.4. The predicted molar refractivity (Wildman–Crippen MR) is 119 cm³/mol. The van der Waals surface area contributed by atoms with Gasteiger partial charge in [0.15, 0.2) is 0 Å². The van der Waals surface area contributed by atoms with E-state index in [1.807, 2.05) is 0 Å². The Morgan fingerprint density at radius 3 is 1.67 bits per heavy atom. The third-order valence-corrected chi connectivity index (χ3v) is 12.8. The van der Waals surface area contributed by atoms with Crippen LogP contribution in [-0.4, -0.2) is 26.6 Å². The second-order valence-electron chi connectivity index (χ2n) is 10.0. The molecule has 0 aromatic heterocycles. The topological polar surface area (TPSA) is 27.7 Å². The summed E-state index contributed by atoms with van der Waals surface area (Å²) in [5.74, 6) is 0.982. The van der Waals surface area contributed by atoms with Crippen LogP contribution < -0.4 is 9.89 Å². The van der Waals surface area contributed by atoms with Crippen LogP contribution in [0.5, 0.6) is 5.75 Å². The summed E-state index contributed by atoms with van der Waals surface area (Å²) >= 11 is 0. The maximum absolute atomic E-state index is 6.82. The van der Waals surface area contributed by atoms with Crippen molar-refractivity contribution in [3.05, 3.63) is 23.8 Å². The van der Waals surface area contributed by atoms with Crippen LogP contribution in [0.1, 0.15) is 74.8 Å². The molecule has 5 heteroatoms. The van der Waals surface area contributed by atoms with Crippen molar-refractivity contribution >= 4 is 20.9 Å². The third-order valence-electron chi connectivity index (χ3n) is 6.75. The van der Waals surface area contributed by atoms with E-state index < -0.39 is 8.32 Å². The van der Waals surface area contributed by atoms with Crippen LogP contribution in [0, 0.1) is 6.92 Å². The van der Waals surface area contributed by atoms with Gasteiger partial charge in [-0.25, -0.2) is 0 Å². The fourth-order valence-corrected chi connectivity index (χ4v) is 9.75. The summed E-state index contributed by atoms with van der Waals surface area (Å²) in [5.41, 5.74) is 3.27. The van der Waals surface area contributed by atoms with Crippen LogP contribution in [0.25, 0.3) is 0 Å². The Morgan fingerprint density at radius 1 is 0.852 bits per heavy atom. The largest absolute Gasteiger partial charge is 0.543 e. The molecule has 0 radical (unpaired) electrons. The number of hydrogen-bond donors (Lipinski definition) is 0. The Hall–Kier alpha value is -0.778. The first-order chi connectivity index (χ1) is 12.2. The normalized spacial score (nSPS) is 19.4. The fraction of sp³-hybridized carbons (Fsp3) is 0.727. The van der Waals surface area contributed by atoms with Crippen molar-refractivity contribution in [3.63, 3.8) is 0 Å². The monoisotopic (exact) mass is 390 g/mol. The molecule has 1 aliphatic heterocycles. The van der Waals surface area contributed by atoms with E-state index in [0.29, 0.717) is 16.6 Å². The molecule has 0 N–H and O–H groups in total. The van der Waals surface area contributed by atoms with Crippen LogP contribution in [0.2, 0.25) is 16.6 Å². The molecule has 27 heavy (non-hydrogen) atoms. The molecule has 1 aromatic carbocycles. The molecule has 0 saturated carbocycles. The van der Waals surface area contributed by atoms with Gasteiger partial charge >= 0.3 is 7.12 Å². The summed E-state index contributed by atoms with van der Waals surface area (Å²) in [5, 5.41) is 0. The van der Waals surface area contributed by atoms with Crippen molar-refractivity contribution in [2.24, 2.45) is 0 Å². The SMILES string of the molecule is Cc1cc(O[Si](C(C)C)(C(C)C)C(C)C)ccc1B1OC(C)(C)C(C)(C)O1. The molecule has 0 bridgehead atoms. The van der Waals surface area contributed by atoms with Gasteiger partial charge in [0.2, 0.25) is 0 Å². The van der Waals surface area contributed by atoms with E-state index in [2.05, 4.69) is 94.4 Å². The molecule has 0 spiro atoms. The van der Waals surface area contributed by atoms with Crippen molar-refractivity contribution in [1.29, 1.82) is 0 Å². The van der Waals surface area contributed by atoms with E-state index >= 15 is 0 Å². The molecular formula is C22H39BO3Si. The smallest absolute Gasteiger partial charge is 0.495 e. The summed E-state index contributed by atoms with van der Waals surface area (Å²) in [6, 6.07) is 6.38. The Kier molecular flexibility index (Phi) is 6.31. The molecular weight excluding hydrogens is 351 g/mol. The van der Waals surface area contributed by atoms with Crippen molar-refractivity contribution < 1.29 is 13.7 Å². The zero-order valence-electron chi connectivity index (χ0n) is 19.3.